The number of fused-ring (bicyclic) bond motifs is 7. The summed E-state index contributed by atoms with van der Waals surface area (Å²) in [6, 6.07) is 0. The summed E-state index contributed by atoms with van der Waals surface area (Å²) in [7, 11) is 3.40. The van der Waals surface area contributed by atoms with Gasteiger partial charge in [-0.3, -0.25) is 4.79 Å². The van der Waals surface area contributed by atoms with Gasteiger partial charge in [-0.05, 0) is 62.5 Å². The third-order valence-corrected chi connectivity index (χ3v) is 10.5. The van der Waals surface area contributed by atoms with Crippen LogP contribution in [0.15, 0.2) is 29.0 Å². The van der Waals surface area contributed by atoms with E-state index < -0.39 is 28.6 Å². The molecule has 1 amide bonds. The van der Waals surface area contributed by atoms with E-state index in [-0.39, 0.29) is 69.2 Å². The van der Waals surface area contributed by atoms with Gasteiger partial charge in [0.1, 0.15) is 24.5 Å². The molecule has 0 aromatic rings. The summed E-state index contributed by atoms with van der Waals surface area (Å²) in [6.07, 6.45) is 6.95. The molecule has 0 bridgehead atoms. The third kappa shape index (κ3) is 3.39. The highest BCUT2D eigenvalue weighted by molar-refractivity contribution is 6.05. The molecule has 10 heteroatoms. The van der Waals surface area contributed by atoms with Gasteiger partial charge < -0.3 is 33.8 Å². The quantitative estimate of drug-likeness (QED) is 0.437. The highest BCUT2D eigenvalue weighted by Gasteiger charge is 2.77. The lowest BCUT2D eigenvalue weighted by Crippen LogP contribution is -2.68. The number of amides is 1. The molecular formula is C28H39FN2O7. The molecule has 2 saturated heterocycles. The largest absolute Gasteiger partial charge is 0.395 e. The van der Waals surface area contributed by atoms with Crippen LogP contribution in [0.3, 0.4) is 0 Å². The van der Waals surface area contributed by atoms with Crippen LogP contribution in [0.5, 0.6) is 0 Å². The molecule has 3 saturated carbocycles. The molecular weight excluding hydrogens is 495 g/mol. The Morgan fingerprint density at radius 3 is 2.76 bits per heavy atom. The van der Waals surface area contributed by atoms with Crippen molar-refractivity contribution in [1.29, 1.82) is 0 Å². The second-order valence-electron chi connectivity index (χ2n) is 12.2. The van der Waals surface area contributed by atoms with Gasteiger partial charge in [-0.1, -0.05) is 23.7 Å². The number of carbonyl (C=O) groups is 1. The number of halogens is 1. The molecule has 0 aromatic heterocycles. The van der Waals surface area contributed by atoms with Gasteiger partial charge in [-0.25, -0.2) is 4.39 Å². The van der Waals surface area contributed by atoms with Crippen LogP contribution in [0.1, 0.15) is 46.0 Å². The average Bonchev–Trinajstić information content (AvgIpc) is 3.58. The van der Waals surface area contributed by atoms with Crippen LogP contribution in [0.25, 0.3) is 0 Å². The monoisotopic (exact) mass is 534 g/mol. The smallest absolute Gasteiger partial charge is 0.226 e. The number of ether oxygens (including phenoxy) is 4. The fourth-order valence-corrected chi connectivity index (χ4v) is 8.65. The van der Waals surface area contributed by atoms with Crippen LogP contribution in [0.4, 0.5) is 4.39 Å². The van der Waals surface area contributed by atoms with Gasteiger partial charge in [-0.2, -0.15) is 0 Å². The number of carbonyl (C=O) groups excluding carboxylic acids is 1. The number of hydrogen-bond acceptors (Lipinski definition) is 8. The molecule has 4 aliphatic carbocycles. The number of nitrogens with zero attached hydrogens (tertiary/aromatic N) is 2. The van der Waals surface area contributed by atoms with E-state index in [2.05, 4.69) is 12.1 Å². The Bertz CT molecular complexity index is 1070. The summed E-state index contributed by atoms with van der Waals surface area (Å²) >= 11 is 0. The molecule has 6 aliphatic rings. The maximum absolute atomic E-state index is 17.6. The molecule has 2 heterocycles. The molecule has 0 radical (unpaired) electrons. The predicted molar refractivity (Wildman–Crippen MR) is 134 cm³/mol. The van der Waals surface area contributed by atoms with E-state index in [9.17, 15) is 9.90 Å². The number of hydrogen-bond donors (Lipinski definition) is 1. The average molecular weight is 535 g/mol. The minimum absolute atomic E-state index is 0.0283. The molecule has 9 atom stereocenters. The summed E-state index contributed by atoms with van der Waals surface area (Å²) in [5.74, 6) is -1.37. The normalized spacial score (nSPS) is 48.2. The molecule has 2 aliphatic heterocycles. The first kappa shape index (κ1) is 26.4. The first-order chi connectivity index (χ1) is 18.1. The van der Waals surface area contributed by atoms with Crippen LogP contribution < -0.4 is 0 Å². The van der Waals surface area contributed by atoms with Gasteiger partial charge >= 0.3 is 0 Å². The fraction of sp³-hybridized carbons (Fsp3) is 0.786. The maximum Gasteiger partial charge on any atom is 0.226 e. The molecule has 210 valence electrons. The van der Waals surface area contributed by atoms with Crippen LogP contribution in [-0.4, -0.2) is 85.7 Å². The van der Waals surface area contributed by atoms with E-state index in [1.165, 1.54) is 4.90 Å². The summed E-state index contributed by atoms with van der Waals surface area (Å²) in [5, 5.41) is 15.8. The Labute approximate surface area is 222 Å². The standard InChI is InChI=1S/C28H39FN2O7/c1-17-11-20-21-6-5-18-12-19(30-38-10-8-24(33)31(3)4)7-9-25(18,2)27(21,29)23(32)13-22(20)28(17)26(36-16-37-28)14-34-15-35-26/h7,9,12,17,20-23,32H,5-6,8,10-11,13-16H2,1-4H3/b30-19-/t17-,20+,21+,22?,23+,25+,26?,27+,28-/m1/s1. The number of alkyl halides is 1. The van der Waals surface area contributed by atoms with Crippen molar-refractivity contribution in [3.05, 3.63) is 23.8 Å². The zero-order valence-corrected chi connectivity index (χ0v) is 22.7. The summed E-state index contributed by atoms with van der Waals surface area (Å²) in [6.45, 7) is 4.74. The van der Waals surface area contributed by atoms with E-state index in [1.54, 1.807) is 20.2 Å². The van der Waals surface area contributed by atoms with Crippen molar-refractivity contribution < 1.29 is 38.1 Å². The van der Waals surface area contributed by atoms with Gasteiger partial charge in [-0.15, -0.1) is 0 Å². The molecule has 2 unspecified atom stereocenters. The molecule has 0 aromatic carbocycles. The minimum Gasteiger partial charge on any atom is -0.395 e. The number of aliphatic hydroxyl groups excluding tert-OH is 1. The molecule has 5 fully saturated rings. The summed E-state index contributed by atoms with van der Waals surface area (Å²) in [5.41, 5.74) is -2.05. The Morgan fingerprint density at radius 1 is 1.24 bits per heavy atom. The Balaban J connectivity index is 1.25. The number of aliphatic hydroxyl groups is 1. The lowest BCUT2D eigenvalue weighted by molar-refractivity contribution is -0.249. The van der Waals surface area contributed by atoms with Crippen LogP contribution in [-0.2, 0) is 28.6 Å². The number of rotatable bonds is 4. The second-order valence-corrected chi connectivity index (χ2v) is 12.2. The molecule has 1 N–H and O–H groups in total. The maximum atomic E-state index is 17.6. The highest BCUT2D eigenvalue weighted by Crippen LogP contribution is 2.69. The number of oxime groups is 1. The first-order valence-electron chi connectivity index (χ1n) is 13.8. The fourth-order valence-electron chi connectivity index (χ4n) is 8.65. The van der Waals surface area contributed by atoms with Gasteiger partial charge in [0, 0.05) is 25.4 Å². The molecule has 38 heavy (non-hydrogen) atoms. The van der Waals surface area contributed by atoms with Crippen molar-refractivity contribution in [2.24, 2.45) is 34.2 Å². The lowest BCUT2D eigenvalue weighted by atomic mass is 9.47. The molecule has 6 rings (SSSR count). The minimum atomic E-state index is -1.83. The Hall–Kier alpha value is -1.85. The van der Waals surface area contributed by atoms with Crippen molar-refractivity contribution in [3.63, 3.8) is 0 Å². The topological polar surface area (TPSA) is 99.1 Å². The van der Waals surface area contributed by atoms with E-state index in [0.29, 0.717) is 18.6 Å². The Kier molecular flexibility index (Phi) is 6.31. The third-order valence-electron chi connectivity index (χ3n) is 10.5. The van der Waals surface area contributed by atoms with Crippen LogP contribution >= 0.6 is 0 Å². The van der Waals surface area contributed by atoms with Crippen molar-refractivity contribution >= 4 is 11.6 Å². The van der Waals surface area contributed by atoms with Crippen molar-refractivity contribution in [2.45, 2.75) is 69.1 Å². The number of allylic oxidation sites excluding steroid dienone is 4. The van der Waals surface area contributed by atoms with Crippen LogP contribution in [0.2, 0.25) is 0 Å². The zero-order chi connectivity index (χ0) is 26.9. The second kappa shape index (κ2) is 9.09. The summed E-state index contributed by atoms with van der Waals surface area (Å²) in [4.78, 5) is 18.6. The van der Waals surface area contributed by atoms with Crippen molar-refractivity contribution in [3.8, 4) is 0 Å². The molecule has 9 nitrogen and oxygen atoms in total. The van der Waals surface area contributed by atoms with E-state index in [4.69, 9.17) is 23.8 Å². The van der Waals surface area contributed by atoms with Gasteiger partial charge in [0.15, 0.2) is 19.3 Å². The van der Waals surface area contributed by atoms with Crippen molar-refractivity contribution in [1.82, 2.24) is 4.90 Å². The van der Waals surface area contributed by atoms with E-state index >= 15 is 4.39 Å². The highest BCUT2D eigenvalue weighted by atomic mass is 19.1. The van der Waals surface area contributed by atoms with Crippen LogP contribution in [0, 0.1) is 29.1 Å². The van der Waals surface area contributed by atoms with Crippen molar-refractivity contribution in [2.75, 3.05) is 40.9 Å². The summed E-state index contributed by atoms with van der Waals surface area (Å²) < 4.78 is 41.6. The van der Waals surface area contributed by atoms with E-state index in [0.717, 1.165) is 12.0 Å². The van der Waals surface area contributed by atoms with Gasteiger partial charge in [0.05, 0.1) is 12.5 Å². The van der Waals surface area contributed by atoms with Gasteiger partial charge in [0.2, 0.25) is 11.7 Å². The Morgan fingerprint density at radius 2 is 2.03 bits per heavy atom. The zero-order valence-electron chi connectivity index (χ0n) is 22.7. The SMILES string of the molecule is C[C@@H]1C[C@@H]2C(C[C@H](O)[C@@]3(F)[C@H]2CCC2=C/C(=N\OCCC(=O)N(C)C)C=C[C@@]23C)[C@]12OCOC21COCO1. The molecule has 2 spiro atoms. The van der Waals surface area contributed by atoms with E-state index in [1.807, 2.05) is 19.1 Å². The lowest BCUT2D eigenvalue weighted by Gasteiger charge is -2.60. The predicted octanol–water partition coefficient (Wildman–Crippen LogP) is 2.94. The van der Waals surface area contributed by atoms with Gasteiger partial charge in [0.25, 0.3) is 0 Å². The first-order valence-corrected chi connectivity index (χ1v) is 13.8.